The van der Waals surface area contributed by atoms with Crippen molar-refractivity contribution in [2.45, 2.75) is 6.17 Å². The van der Waals surface area contributed by atoms with Gasteiger partial charge in [-0.05, 0) is 29.6 Å². The number of Topliss-reactive ketones (excluding diaryl/α,β-unsaturated/α-hetero) is 1. The Kier molecular flexibility index (Phi) is 5.93. The number of ketones is 1. The lowest BCUT2D eigenvalue weighted by molar-refractivity contribution is 0.0872. The van der Waals surface area contributed by atoms with E-state index in [0.29, 0.717) is 26.2 Å². The van der Waals surface area contributed by atoms with Crippen LogP contribution in [0.5, 0.6) is 0 Å². The van der Waals surface area contributed by atoms with Gasteiger partial charge >= 0.3 is 0 Å². The minimum Gasteiger partial charge on any atom is -0.358 e. The van der Waals surface area contributed by atoms with Crippen molar-refractivity contribution < 1.29 is 9.59 Å². The summed E-state index contributed by atoms with van der Waals surface area (Å²) in [7, 11) is 0. The molecule has 0 saturated carbocycles. The smallest absolute Gasteiger partial charge is 0.263 e. The summed E-state index contributed by atoms with van der Waals surface area (Å²) in [4.78, 5) is 25.9. The number of amides is 1. The molecule has 2 N–H and O–H groups in total. The summed E-state index contributed by atoms with van der Waals surface area (Å²) in [5.41, 5.74) is 0.926. The SMILES string of the molecule is O=C(N[C@H](Nc1cc(Cl)ccc1Cl)C(=O)c1ccccc1)c1cccs1. The van der Waals surface area contributed by atoms with Crippen LogP contribution in [-0.2, 0) is 0 Å². The van der Waals surface area contributed by atoms with Crippen LogP contribution < -0.4 is 10.6 Å². The first kappa shape index (κ1) is 18.5. The third kappa shape index (κ3) is 4.43. The van der Waals surface area contributed by atoms with E-state index in [2.05, 4.69) is 10.6 Å². The molecule has 0 aliphatic carbocycles. The second-order valence-electron chi connectivity index (χ2n) is 5.38. The van der Waals surface area contributed by atoms with Crippen LogP contribution in [0.4, 0.5) is 5.69 Å². The van der Waals surface area contributed by atoms with Crippen molar-refractivity contribution in [3.05, 3.63) is 86.5 Å². The molecule has 0 saturated heterocycles. The largest absolute Gasteiger partial charge is 0.358 e. The van der Waals surface area contributed by atoms with Crippen molar-refractivity contribution in [1.29, 1.82) is 0 Å². The zero-order valence-electron chi connectivity index (χ0n) is 13.4. The van der Waals surface area contributed by atoms with E-state index in [1.165, 1.54) is 11.3 Å². The molecule has 0 bridgehead atoms. The van der Waals surface area contributed by atoms with Crippen LogP contribution in [-0.4, -0.2) is 17.9 Å². The quantitative estimate of drug-likeness (QED) is 0.443. The van der Waals surface area contributed by atoms with E-state index in [0.717, 1.165) is 0 Å². The number of halogens is 2. The molecule has 2 aromatic carbocycles. The Balaban J connectivity index is 1.89. The van der Waals surface area contributed by atoms with Crippen LogP contribution in [0.25, 0.3) is 0 Å². The Morgan fingerprint density at radius 1 is 0.962 bits per heavy atom. The molecule has 132 valence electrons. The Morgan fingerprint density at radius 3 is 2.42 bits per heavy atom. The number of rotatable bonds is 6. The normalized spacial score (nSPS) is 11.6. The second-order valence-corrected chi connectivity index (χ2v) is 7.17. The van der Waals surface area contributed by atoms with Gasteiger partial charge in [-0.1, -0.05) is 59.6 Å². The summed E-state index contributed by atoms with van der Waals surface area (Å²) >= 11 is 13.5. The van der Waals surface area contributed by atoms with Gasteiger partial charge in [0.25, 0.3) is 5.91 Å². The number of carbonyl (C=O) groups is 2. The molecule has 1 atom stereocenters. The van der Waals surface area contributed by atoms with Crippen LogP contribution in [0.2, 0.25) is 10.0 Å². The molecular formula is C19H14Cl2N2O2S. The molecule has 4 nitrogen and oxygen atoms in total. The third-order valence-electron chi connectivity index (χ3n) is 3.57. The highest BCUT2D eigenvalue weighted by atomic mass is 35.5. The molecule has 3 rings (SSSR count). The summed E-state index contributed by atoms with van der Waals surface area (Å²) in [5, 5.41) is 8.36. The predicted molar refractivity (Wildman–Crippen MR) is 106 cm³/mol. The first-order chi connectivity index (χ1) is 12.5. The number of nitrogens with one attached hydrogen (secondary N) is 2. The maximum Gasteiger partial charge on any atom is 0.263 e. The molecule has 3 aromatic rings. The number of thiophene rings is 1. The minimum absolute atomic E-state index is 0.286. The Hall–Kier alpha value is -2.34. The van der Waals surface area contributed by atoms with Crippen molar-refractivity contribution in [2.24, 2.45) is 0 Å². The predicted octanol–water partition coefficient (Wildman–Crippen LogP) is 5.11. The van der Waals surface area contributed by atoms with Crippen molar-refractivity contribution >= 4 is 51.9 Å². The molecule has 26 heavy (non-hydrogen) atoms. The van der Waals surface area contributed by atoms with Gasteiger partial charge in [-0.3, -0.25) is 9.59 Å². The average molecular weight is 405 g/mol. The van der Waals surface area contributed by atoms with Gasteiger partial charge in [0, 0.05) is 10.6 Å². The molecule has 0 spiro atoms. The first-order valence-electron chi connectivity index (χ1n) is 7.70. The Morgan fingerprint density at radius 2 is 1.73 bits per heavy atom. The van der Waals surface area contributed by atoms with Crippen molar-refractivity contribution in [3.63, 3.8) is 0 Å². The monoisotopic (exact) mass is 404 g/mol. The van der Waals surface area contributed by atoms with Crippen molar-refractivity contribution in [2.75, 3.05) is 5.32 Å². The van der Waals surface area contributed by atoms with Crippen molar-refractivity contribution in [1.82, 2.24) is 5.32 Å². The minimum atomic E-state index is -0.997. The van der Waals surface area contributed by atoms with Gasteiger partial charge in [0.15, 0.2) is 6.17 Å². The van der Waals surface area contributed by atoms with E-state index in [4.69, 9.17) is 23.2 Å². The lowest BCUT2D eigenvalue weighted by atomic mass is 10.1. The van der Waals surface area contributed by atoms with Gasteiger partial charge in [-0.25, -0.2) is 0 Å². The summed E-state index contributed by atoms with van der Waals surface area (Å²) in [6.07, 6.45) is -0.997. The standard InChI is InChI=1S/C19H14Cl2N2O2S/c20-13-8-9-14(21)15(11-13)22-18(17(24)12-5-2-1-3-6-12)23-19(25)16-7-4-10-26-16/h1-11,18,22H,(H,23,25)/t18-/m0/s1. The summed E-state index contributed by atoms with van der Waals surface area (Å²) in [6.45, 7) is 0. The van der Waals surface area contributed by atoms with Crippen LogP contribution in [0.15, 0.2) is 66.0 Å². The van der Waals surface area contributed by atoms with E-state index in [1.54, 1.807) is 60.0 Å². The molecule has 1 amide bonds. The van der Waals surface area contributed by atoms with Gasteiger partial charge in [0.05, 0.1) is 15.6 Å². The molecule has 0 aliphatic rings. The third-order valence-corrected chi connectivity index (χ3v) is 5.00. The Bertz CT molecular complexity index is 915. The lowest BCUT2D eigenvalue weighted by Gasteiger charge is -2.21. The first-order valence-corrected chi connectivity index (χ1v) is 9.33. The van der Waals surface area contributed by atoms with E-state index < -0.39 is 6.17 Å². The van der Waals surface area contributed by atoms with Gasteiger partial charge in [-0.2, -0.15) is 0 Å². The number of anilines is 1. The highest BCUT2D eigenvalue weighted by Crippen LogP contribution is 2.26. The molecule has 7 heteroatoms. The van der Waals surface area contributed by atoms with E-state index >= 15 is 0 Å². The molecule has 0 aliphatic heterocycles. The van der Waals surface area contributed by atoms with Crippen LogP contribution in [0, 0.1) is 0 Å². The zero-order valence-corrected chi connectivity index (χ0v) is 15.7. The molecule has 1 heterocycles. The van der Waals surface area contributed by atoms with Crippen LogP contribution >= 0.6 is 34.5 Å². The highest BCUT2D eigenvalue weighted by Gasteiger charge is 2.23. The van der Waals surface area contributed by atoms with Crippen LogP contribution in [0.3, 0.4) is 0 Å². The number of hydrogen-bond donors (Lipinski definition) is 2. The molecule has 1 aromatic heterocycles. The fraction of sp³-hybridized carbons (Fsp3) is 0.0526. The molecule has 0 fully saturated rings. The fourth-order valence-electron chi connectivity index (χ4n) is 2.31. The summed E-state index contributed by atoms with van der Waals surface area (Å²) in [6, 6.07) is 17.1. The highest BCUT2D eigenvalue weighted by molar-refractivity contribution is 7.12. The summed E-state index contributed by atoms with van der Waals surface area (Å²) < 4.78 is 0. The number of hydrogen-bond acceptors (Lipinski definition) is 4. The van der Waals surface area contributed by atoms with Gasteiger partial charge < -0.3 is 10.6 Å². The molecular weight excluding hydrogens is 391 g/mol. The summed E-state index contributed by atoms with van der Waals surface area (Å²) in [5.74, 6) is -0.633. The maximum atomic E-state index is 12.9. The van der Waals surface area contributed by atoms with E-state index in [9.17, 15) is 9.59 Å². The Labute approximate surface area is 164 Å². The zero-order chi connectivity index (χ0) is 18.5. The van der Waals surface area contributed by atoms with Gasteiger partial charge in [-0.15, -0.1) is 11.3 Å². The molecule has 0 unspecified atom stereocenters. The second kappa shape index (κ2) is 8.36. The van der Waals surface area contributed by atoms with Crippen LogP contribution in [0.1, 0.15) is 20.0 Å². The average Bonchev–Trinajstić information content (AvgIpc) is 3.19. The topological polar surface area (TPSA) is 58.2 Å². The number of carbonyl (C=O) groups excluding carboxylic acids is 2. The van der Waals surface area contributed by atoms with Gasteiger partial charge in [0.1, 0.15) is 0 Å². The van der Waals surface area contributed by atoms with E-state index in [-0.39, 0.29) is 11.7 Å². The number of benzene rings is 2. The van der Waals surface area contributed by atoms with Crippen molar-refractivity contribution in [3.8, 4) is 0 Å². The lowest BCUT2D eigenvalue weighted by Crippen LogP contribution is -2.46. The fourth-order valence-corrected chi connectivity index (χ4v) is 3.28. The van der Waals surface area contributed by atoms with Gasteiger partial charge in [0.2, 0.25) is 5.78 Å². The van der Waals surface area contributed by atoms with E-state index in [1.807, 2.05) is 6.07 Å². The maximum absolute atomic E-state index is 12.9. The molecule has 0 radical (unpaired) electrons.